The molecule has 2 N–H and O–H groups in total. The fourth-order valence-corrected chi connectivity index (χ4v) is 2.61. The average Bonchev–Trinajstić information content (AvgIpc) is 2.58. The standard InChI is InChI=1S/C18H28N4O3/c1-13-6-7-14(19-17(24)21(4)5)12-15(13)20-16(23)18(2,3)22-8-10-25-11-9-22/h6-7,12H,8-11H2,1-5H3,(H,19,24)(H,20,23). The van der Waals surface area contributed by atoms with E-state index >= 15 is 0 Å². The summed E-state index contributed by atoms with van der Waals surface area (Å²) in [6, 6.07) is 5.27. The highest BCUT2D eigenvalue weighted by atomic mass is 16.5. The van der Waals surface area contributed by atoms with Crippen LogP contribution in [0.1, 0.15) is 19.4 Å². The van der Waals surface area contributed by atoms with Crippen LogP contribution in [0.2, 0.25) is 0 Å². The average molecular weight is 348 g/mol. The lowest BCUT2D eigenvalue weighted by Gasteiger charge is -2.39. The van der Waals surface area contributed by atoms with E-state index in [4.69, 9.17) is 4.74 Å². The van der Waals surface area contributed by atoms with E-state index in [0.717, 1.165) is 18.7 Å². The molecule has 2 rings (SSSR count). The lowest BCUT2D eigenvalue weighted by atomic mass is 10.0. The smallest absolute Gasteiger partial charge is 0.321 e. The summed E-state index contributed by atoms with van der Waals surface area (Å²) < 4.78 is 5.37. The van der Waals surface area contributed by atoms with E-state index in [2.05, 4.69) is 15.5 Å². The van der Waals surface area contributed by atoms with Gasteiger partial charge in [-0.1, -0.05) is 6.07 Å². The second-order valence-electron chi connectivity index (χ2n) is 6.97. The first-order valence-corrected chi connectivity index (χ1v) is 8.45. The molecule has 25 heavy (non-hydrogen) atoms. The molecule has 0 unspecified atom stereocenters. The molecule has 7 heteroatoms. The van der Waals surface area contributed by atoms with Crippen LogP contribution in [0.4, 0.5) is 16.2 Å². The second kappa shape index (κ2) is 7.84. The van der Waals surface area contributed by atoms with Crippen LogP contribution in [0.5, 0.6) is 0 Å². The fourth-order valence-electron chi connectivity index (χ4n) is 2.61. The molecule has 1 aromatic carbocycles. The molecule has 7 nitrogen and oxygen atoms in total. The van der Waals surface area contributed by atoms with E-state index in [1.54, 1.807) is 20.2 Å². The van der Waals surface area contributed by atoms with Crippen LogP contribution >= 0.6 is 0 Å². The Morgan fingerprint density at radius 3 is 2.40 bits per heavy atom. The predicted molar refractivity (Wildman–Crippen MR) is 99.0 cm³/mol. The first kappa shape index (κ1) is 19.2. The van der Waals surface area contributed by atoms with Crippen molar-refractivity contribution in [2.45, 2.75) is 26.3 Å². The lowest BCUT2D eigenvalue weighted by Crippen LogP contribution is -2.56. The van der Waals surface area contributed by atoms with Crippen molar-refractivity contribution in [2.75, 3.05) is 51.0 Å². The summed E-state index contributed by atoms with van der Waals surface area (Å²) in [4.78, 5) is 28.2. The molecule has 0 aromatic heterocycles. The van der Waals surface area contributed by atoms with Gasteiger partial charge >= 0.3 is 6.03 Å². The maximum Gasteiger partial charge on any atom is 0.321 e. The molecule has 0 saturated carbocycles. The number of hydrogen-bond donors (Lipinski definition) is 2. The number of urea groups is 1. The predicted octanol–water partition coefficient (Wildman–Crippen LogP) is 2.14. The molecule has 3 amide bonds. The minimum atomic E-state index is -0.640. The van der Waals surface area contributed by atoms with Gasteiger partial charge in [-0.15, -0.1) is 0 Å². The van der Waals surface area contributed by atoms with Gasteiger partial charge in [0.05, 0.1) is 18.8 Å². The highest BCUT2D eigenvalue weighted by Gasteiger charge is 2.35. The molecule has 1 aliphatic heterocycles. The first-order chi connectivity index (χ1) is 11.7. The van der Waals surface area contributed by atoms with Gasteiger partial charge in [-0.05, 0) is 38.5 Å². The van der Waals surface area contributed by atoms with Gasteiger partial charge in [0.2, 0.25) is 5.91 Å². The van der Waals surface area contributed by atoms with E-state index in [-0.39, 0.29) is 11.9 Å². The summed E-state index contributed by atoms with van der Waals surface area (Å²) in [6.07, 6.45) is 0. The van der Waals surface area contributed by atoms with Crippen molar-refractivity contribution < 1.29 is 14.3 Å². The molecule has 0 spiro atoms. The summed E-state index contributed by atoms with van der Waals surface area (Å²) in [6.45, 7) is 8.51. The van der Waals surface area contributed by atoms with Crippen LogP contribution in [-0.4, -0.2) is 67.7 Å². The molecule has 1 heterocycles. The van der Waals surface area contributed by atoms with Gasteiger partial charge in [-0.3, -0.25) is 9.69 Å². The number of nitrogens with zero attached hydrogens (tertiary/aromatic N) is 2. The quantitative estimate of drug-likeness (QED) is 0.874. The molecule has 1 fully saturated rings. The van der Waals surface area contributed by atoms with Crippen LogP contribution in [0.25, 0.3) is 0 Å². The van der Waals surface area contributed by atoms with Crippen molar-refractivity contribution in [2.24, 2.45) is 0 Å². The van der Waals surface area contributed by atoms with Gasteiger partial charge in [0.25, 0.3) is 0 Å². The number of nitrogens with one attached hydrogen (secondary N) is 2. The van der Waals surface area contributed by atoms with Gasteiger partial charge in [0.1, 0.15) is 0 Å². The van der Waals surface area contributed by atoms with Gasteiger partial charge in [0, 0.05) is 38.6 Å². The highest BCUT2D eigenvalue weighted by molar-refractivity contribution is 5.99. The maximum atomic E-state index is 12.8. The van der Waals surface area contributed by atoms with Crippen LogP contribution < -0.4 is 10.6 Å². The number of rotatable bonds is 4. The van der Waals surface area contributed by atoms with E-state index in [9.17, 15) is 9.59 Å². The van der Waals surface area contributed by atoms with Crippen molar-refractivity contribution >= 4 is 23.3 Å². The van der Waals surface area contributed by atoms with E-state index < -0.39 is 5.54 Å². The van der Waals surface area contributed by atoms with Crippen molar-refractivity contribution in [3.8, 4) is 0 Å². The summed E-state index contributed by atoms with van der Waals surface area (Å²) in [5.74, 6) is -0.0754. The lowest BCUT2D eigenvalue weighted by molar-refractivity contribution is -0.129. The summed E-state index contributed by atoms with van der Waals surface area (Å²) >= 11 is 0. The molecular formula is C18H28N4O3. The van der Waals surface area contributed by atoms with E-state index in [1.807, 2.05) is 32.9 Å². The zero-order chi connectivity index (χ0) is 18.6. The Balaban J connectivity index is 2.12. The van der Waals surface area contributed by atoms with E-state index in [0.29, 0.717) is 24.6 Å². The molecule has 1 aliphatic rings. The third kappa shape index (κ3) is 4.70. The van der Waals surface area contributed by atoms with Crippen LogP contribution in [0.15, 0.2) is 18.2 Å². The normalized spacial score (nSPS) is 15.6. The summed E-state index contributed by atoms with van der Waals surface area (Å²) in [7, 11) is 3.36. The Morgan fingerprint density at radius 2 is 1.80 bits per heavy atom. The van der Waals surface area contributed by atoms with Gasteiger partial charge in [-0.25, -0.2) is 4.79 Å². The molecule has 138 valence electrons. The molecular weight excluding hydrogens is 320 g/mol. The molecule has 0 aliphatic carbocycles. The highest BCUT2D eigenvalue weighted by Crippen LogP contribution is 2.24. The third-order valence-electron chi connectivity index (χ3n) is 4.50. The summed E-state index contributed by atoms with van der Waals surface area (Å²) in [5, 5.41) is 5.80. The number of ether oxygens (including phenoxy) is 1. The van der Waals surface area contributed by atoms with Crippen LogP contribution in [0, 0.1) is 6.92 Å². The number of hydrogen-bond acceptors (Lipinski definition) is 4. The van der Waals surface area contributed by atoms with Crippen LogP contribution in [-0.2, 0) is 9.53 Å². The topological polar surface area (TPSA) is 73.9 Å². The maximum absolute atomic E-state index is 12.8. The number of aryl methyl sites for hydroxylation is 1. The fraction of sp³-hybridized carbons (Fsp3) is 0.556. The number of carbonyl (C=O) groups excluding carboxylic acids is 2. The number of benzene rings is 1. The number of carbonyl (C=O) groups is 2. The minimum absolute atomic E-state index is 0.0754. The Kier molecular flexibility index (Phi) is 6.02. The Labute approximate surface area is 149 Å². The Morgan fingerprint density at radius 1 is 1.16 bits per heavy atom. The van der Waals surface area contributed by atoms with Crippen molar-refractivity contribution in [3.63, 3.8) is 0 Å². The van der Waals surface area contributed by atoms with Crippen molar-refractivity contribution in [1.29, 1.82) is 0 Å². The zero-order valence-corrected chi connectivity index (χ0v) is 15.7. The number of morpholine rings is 1. The van der Waals surface area contributed by atoms with Crippen LogP contribution in [0.3, 0.4) is 0 Å². The van der Waals surface area contributed by atoms with Crippen molar-refractivity contribution in [3.05, 3.63) is 23.8 Å². The van der Waals surface area contributed by atoms with Gasteiger partial charge < -0.3 is 20.3 Å². The molecule has 0 atom stereocenters. The Bertz CT molecular complexity index is 637. The molecule has 1 saturated heterocycles. The summed E-state index contributed by atoms with van der Waals surface area (Å²) in [5.41, 5.74) is 1.64. The first-order valence-electron chi connectivity index (χ1n) is 8.45. The SMILES string of the molecule is Cc1ccc(NC(=O)N(C)C)cc1NC(=O)C(C)(C)N1CCOCC1. The van der Waals surface area contributed by atoms with E-state index in [1.165, 1.54) is 4.90 Å². The number of amides is 3. The largest absolute Gasteiger partial charge is 0.379 e. The third-order valence-corrected chi connectivity index (χ3v) is 4.50. The zero-order valence-electron chi connectivity index (χ0n) is 15.7. The molecule has 1 aromatic rings. The number of anilines is 2. The van der Waals surface area contributed by atoms with Crippen molar-refractivity contribution in [1.82, 2.24) is 9.80 Å². The second-order valence-corrected chi connectivity index (χ2v) is 6.97. The molecule has 0 radical (unpaired) electrons. The van der Waals surface area contributed by atoms with Gasteiger partial charge in [-0.2, -0.15) is 0 Å². The Hall–Kier alpha value is -2.12. The van der Waals surface area contributed by atoms with Gasteiger partial charge in [0.15, 0.2) is 0 Å². The monoisotopic (exact) mass is 348 g/mol. The minimum Gasteiger partial charge on any atom is -0.379 e. The molecule has 0 bridgehead atoms.